The highest BCUT2D eigenvalue weighted by atomic mass is 16.3. The number of fused-ring (bicyclic) bond motifs is 1. The minimum Gasteiger partial charge on any atom is -0.507 e. The summed E-state index contributed by atoms with van der Waals surface area (Å²) in [6, 6.07) is 8.71. The zero-order valence-corrected chi connectivity index (χ0v) is 19.2. The van der Waals surface area contributed by atoms with Gasteiger partial charge in [-0.3, -0.25) is 0 Å². The third-order valence-electron chi connectivity index (χ3n) is 11.4. The van der Waals surface area contributed by atoms with Crippen LogP contribution in [-0.4, -0.2) is 10.2 Å². The molecule has 0 unspecified atom stereocenters. The molecule has 32 heavy (non-hydrogen) atoms. The molecule has 168 valence electrons. The Morgan fingerprint density at radius 2 is 0.750 bits per heavy atom. The first-order valence-electron chi connectivity index (χ1n) is 13.5. The van der Waals surface area contributed by atoms with Crippen molar-refractivity contribution < 1.29 is 10.2 Å². The fourth-order valence-corrected chi connectivity index (χ4v) is 11.1. The Kier molecular flexibility index (Phi) is 3.53. The first-order valence-corrected chi connectivity index (χ1v) is 13.5. The molecule has 2 nitrogen and oxygen atoms in total. The summed E-state index contributed by atoms with van der Waals surface area (Å²) >= 11 is 0. The Morgan fingerprint density at radius 1 is 0.469 bits per heavy atom. The second-order valence-corrected chi connectivity index (χ2v) is 13.4. The van der Waals surface area contributed by atoms with Crippen LogP contribution in [0.2, 0.25) is 0 Å². The number of phenols is 2. The third kappa shape index (κ3) is 2.37. The monoisotopic (exact) mass is 428 g/mol. The molecule has 0 atom stereocenters. The summed E-state index contributed by atoms with van der Waals surface area (Å²) in [6.07, 6.45) is 16.1. The van der Waals surface area contributed by atoms with Gasteiger partial charge in [0, 0.05) is 21.9 Å². The van der Waals surface area contributed by atoms with Gasteiger partial charge in [-0.1, -0.05) is 24.3 Å². The summed E-state index contributed by atoms with van der Waals surface area (Å²) in [6.45, 7) is 0. The molecule has 0 saturated heterocycles. The smallest absolute Gasteiger partial charge is 0.127 e. The van der Waals surface area contributed by atoms with E-state index >= 15 is 0 Å². The summed E-state index contributed by atoms with van der Waals surface area (Å²) in [5.74, 6) is 6.12. The van der Waals surface area contributed by atoms with Crippen molar-refractivity contribution in [1.29, 1.82) is 0 Å². The fourth-order valence-electron chi connectivity index (χ4n) is 11.1. The highest BCUT2D eigenvalue weighted by molar-refractivity contribution is 5.95. The molecule has 2 aromatic carbocycles. The molecule has 2 N–H and O–H groups in total. The van der Waals surface area contributed by atoms with Crippen LogP contribution in [0.25, 0.3) is 10.8 Å². The van der Waals surface area contributed by atoms with Crippen LogP contribution in [0.3, 0.4) is 0 Å². The van der Waals surface area contributed by atoms with E-state index in [2.05, 4.69) is 24.3 Å². The molecule has 0 aliphatic heterocycles. The summed E-state index contributed by atoms with van der Waals surface area (Å²) < 4.78 is 0. The predicted octanol–water partition coefficient (Wildman–Crippen LogP) is 7.19. The molecule has 0 radical (unpaired) electrons. The van der Waals surface area contributed by atoms with Gasteiger partial charge in [0.15, 0.2) is 0 Å². The van der Waals surface area contributed by atoms with Gasteiger partial charge in [-0.05, 0) is 123 Å². The van der Waals surface area contributed by atoms with Crippen LogP contribution < -0.4 is 0 Å². The van der Waals surface area contributed by atoms with Crippen molar-refractivity contribution >= 4 is 10.8 Å². The van der Waals surface area contributed by atoms with Gasteiger partial charge in [0.1, 0.15) is 11.5 Å². The van der Waals surface area contributed by atoms with Crippen LogP contribution in [0.15, 0.2) is 24.3 Å². The SMILES string of the molecule is Oc1c(C23CC4CC(CC(C4)C2)C3)ccc2c(O)c(C34CC5CC(CC(C5)C3)C4)ccc12. The molecule has 0 amide bonds. The second-order valence-electron chi connectivity index (χ2n) is 13.4. The summed E-state index contributed by atoms with van der Waals surface area (Å²) in [7, 11) is 0. The zero-order valence-electron chi connectivity index (χ0n) is 19.2. The minimum atomic E-state index is 0.182. The van der Waals surface area contributed by atoms with Gasteiger partial charge in [-0.15, -0.1) is 0 Å². The van der Waals surface area contributed by atoms with Crippen molar-refractivity contribution in [3.05, 3.63) is 35.4 Å². The average Bonchev–Trinajstić information content (AvgIpc) is 2.72. The molecule has 10 rings (SSSR count). The van der Waals surface area contributed by atoms with Gasteiger partial charge < -0.3 is 10.2 Å². The van der Waals surface area contributed by atoms with Crippen LogP contribution in [0.1, 0.15) is 88.2 Å². The van der Waals surface area contributed by atoms with Crippen molar-refractivity contribution in [3.8, 4) is 11.5 Å². The van der Waals surface area contributed by atoms with Gasteiger partial charge in [-0.2, -0.15) is 0 Å². The first kappa shape index (κ1) is 18.7. The lowest BCUT2D eigenvalue weighted by Gasteiger charge is -2.57. The second kappa shape index (κ2) is 6.05. The molecular weight excluding hydrogens is 392 g/mol. The Labute approximate surface area is 191 Å². The van der Waals surface area contributed by atoms with E-state index in [-0.39, 0.29) is 10.8 Å². The number of hydrogen-bond acceptors (Lipinski definition) is 2. The maximum atomic E-state index is 11.5. The summed E-state index contributed by atoms with van der Waals surface area (Å²) in [4.78, 5) is 0. The van der Waals surface area contributed by atoms with Crippen molar-refractivity contribution in [2.45, 2.75) is 87.9 Å². The first-order chi connectivity index (χ1) is 15.5. The normalized spacial score (nSPS) is 45.8. The zero-order chi connectivity index (χ0) is 21.2. The van der Waals surface area contributed by atoms with Crippen molar-refractivity contribution in [3.63, 3.8) is 0 Å². The molecule has 8 fully saturated rings. The molecule has 2 aromatic rings. The third-order valence-corrected chi connectivity index (χ3v) is 11.4. The van der Waals surface area contributed by atoms with Gasteiger partial charge in [0.2, 0.25) is 0 Å². The summed E-state index contributed by atoms with van der Waals surface area (Å²) in [5.41, 5.74) is 2.74. The maximum absolute atomic E-state index is 11.5. The number of aromatic hydroxyl groups is 2. The van der Waals surface area contributed by atoms with Crippen molar-refractivity contribution in [2.75, 3.05) is 0 Å². The Hall–Kier alpha value is -1.70. The van der Waals surface area contributed by atoms with Crippen LogP contribution >= 0.6 is 0 Å². The average molecular weight is 429 g/mol. The largest absolute Gasteiger partial charge is 0.507 e. The van der Waals surface area contributed by atoms with E-state index in [0.717, 1.165) is 46.3 Å². The molecule has 8 bridgehead atoms. The molecule has 8 aliphatic rings. The van der Waals surface area contributed by atoms with E-state index in [1.807, 2.05) is 0 Å². The highest BCUT2D eigenvalue weighted by Crippen LogP contribution is 2.64. The lowest BCUT2D eigenvalue weighted by Crippen LogP contribution is -2.48. The van der Waals surface area contributed by atoms with Crippen LogP contribution in [0.5, 0.6) is 11.5 Å². The molecule has 2 heteroatoms. The van der Waals surface area contributed by atoms with E-state index in [9.17, 15) is 10.2 Å². The van der Waals surface area contributed by atoms with Crippen LogP contribution in [0.4, 0.5) is 0 Å². The topological polar surface area (TPSA) is 40.5 Å². The predicted molar refractivity (Wildman–Crippen MR) is 127 cm³/mol. The lowest BCUT2D eigenvalue weighted by atomic mass is 9.47. The molecule has 8 aliphatic carbocycles. The Balaban J connectivity index is 1.23. The lowest BCUT2D eigenvalue weighted by molar-refractivity contribution is -0.00636. The minimum absolute atomic E-state index is 0.182. The van der Waals surface area contributed by atoms with E-state index in [1.54, 1.807) is 0 Å². The van der Waals surface area contributed by atoms with Gasteiger partial charge in [0.05, 0.1) is 0 Å². The van der Waals surface area contributed by atoms with E-state index in [1.165, 1.54) is 88.2 Å². The molecular formula is C30H36O2. The van der Waals surface area contributed by atoms with E-state index < -0.39 is 0 Å². The molecule has 0 aromatic heterocycles. The number of rotatable bonds is 2. The molecule has 8 saturated carbocycles. The maximum Gasteiger partial charge on any atom is 0.127 e. The Morgan fingerprint density at radius 3 is 1.03 bits per heavy atom. The van der Waals surface area contributed by atoms with Gasteiger partial charge in [0.25, 0.3) is 0 Å². The van der Waals surface area contributed by atoms with Crippen LogP contribution in [-0.2, 0) is 10.8 Å². The molecule has 0 heterocycles. The number of hydrogen-bond donors (Lipinski definition) is 2. The standard InChI is InChI=1S/C30H36O2/c31-27-23-1-3-25(29-11-17-5-18(12-29)7-19(6-17)13-29)28(32)24(23)2-4-26(27)30-14-20-8-21(15-30)10-22(9-20)16-30/h1-4,17-22,31-32H,5-16H2. The van der Waals surface area contributed by atoms with Crippen molar-refractivity contribution in [1.82, 2.24) is 0 Å². The quantitative estimate of drug-likeness (QED) is 0.531. The van der Waals surface area contributed by atoms with Gasteiger partial charge >= 0.3 is 0 Å². The van der Waals surface area contributed by atoms with E-state index in [4.69, 9.17) is 0 Å². The summed E-state index contributed by atoms with van der Waals surface area (Å²) in [5, 5.41) is 24.9. The Bertz CT molecular complexity index is 968. The van der Waals surface area contributed by atoms with E-state index in [0.29, 0.717) is 11.5 Å². The number of benzene rings is 2. The molecule has 0 spiro atoms. The van der Waals surface area contributed by atoms with Crippen LogP contribution in [0, 0.1) is 35.5 Å². The number of phenolic OH excluding ortho intramolecular Hbond substituents is 2. The highest BCUT2D eigenvalue weighted by Gasteiger charge is 2.54. The fraction of sp³-hybridized carbons (Fsp3) is 0.667. The van der Waals surface area contributed by atoms with Crippen molar-refractivity contribution in [2.24, 2.45) is 35.5 Å². The van der Waals surface area contributed by atoms with Gasteiger partial charge in [-0.25, -0.2) is 0 Å².